The van der Waals surface area contributed by atoms with Crippen molar-refractivity contribution in [1.82, 2.24) is 15.5 Å². The molecular weight excluding hydrogens is 332 g/mol. The Morgan fingerprint density at radius 2 is 2.00 bits per heavy atom. The average molecular weight is 371 g/mol. The molecule has 0 bridgehead atoms. The lowest BCUT2D eigenvalue weighted by molar-refractivity contribution is -0.130. The van der Waals surface area contributed by atoms with Crippen LogP contribution in [0.1, 0.15) is 51.9 Å². The first-order valence-electron chi connectivity index (χ1n) is 10.1. The van der Waals surface area contributed by atoms with Crippen molar-refractivity contribution >= 4 is 11.9 Å². The lowest BCUT2D eigenvalue weighted by Crippen LogP contribution is -2.38. The number of nitrogens with zero attached hydrogens (tertiary/aromatic N) is 2. The van der Waals surface area contributed by atoms with Gasteiger partial charge in [0.2, 0.25) is 5.91 Å². The normalized spacial score (nSPS) is 15.8. The number of hydrogen-bond acceptors (Lipinski definition) is 4. The summed E-state index contributed by atoms with van der Waals surface area (Å²) in [7, 11) is 1.68. The summed E-state index contributed by atoms with van der Waals surface area (Å²) in [5, 5.41) is 6.63. The van der Waals surface area contributed by atoms with Crippen molar-refractivity contribution in [3.05, 3.63) is 0 Å². The predicted octanol–water partition coefficient (Wildman–Crippen LogP) is 1.78. The van der Waals surface area contributed by atoms with Crippen LogP contribution in [0.2, 0.25) is 0 Å². The Kier molecular flexibility index (Phi) is 13.9. The van der Waals surface area contributed by atoms with E-state index in [-0.39, 0.29) is 0 Å². The summed E-state index contributed by atoms with van der Waals surface area (Å²) in [6, 6.07) is 0. The Labute approximate surface area is 158 Å². The van der Waals surface area contributed by atoms with Crippen LogP contribution in [-0.4, -0.2) is 76.4 Å². The van der Waals surface area contributed by atoms with Crippen LogP contribution < -0.4 is 10.6 Å². The molecule has 1 amide bonds. The summed E-state index contributed by atoms with van der Waals surface area (Å²) in [6.07, 6.45) is 7.03. The third-order valence-corrected chi connectivity index (χ3v) is 4.31. The molecule has 1 aliphatic heterocycles. The van der Waals surface area contributed by atoms with Gasteiger partial charge in [-0.1, -0.05) is 6.42 Å². The molecule has 0 aromatic rings. The first-order valence-corrected chi connectivity index (χ1v) is 10.1. The van der Waals surface area contributed by atoms with E-state index < -0.39 is 0 Å². The van der Waals surface area contributed by atoms with Gasteiger partial charge in [-0.15, -0.1) is 0 Å². The number of amides is 1. The van der Waals surface area contributed by atoms with Gasteiger partial charge in [0.1, 0.15) is 0 Å². The maximum Gasteiger partial charge on any atom is 0.222 e. The minimum Gasteiger partial charge on any atom is -0.382 e. The molecule has 0 spiro atoms. The predicted molar refractivity (Wildman–Crippen MR) is 106 cm³/mol. The molecule has 1 rings (SSSR count). The molecule has 0 aromatic heterocycles. The number of rotatable bonds is 13. The van der Waals surface area contributed by atoms with Gasteiger partial charge < -0.3 is 25.0 Å². The van der Waals surface area contributed by atoms with Crippen LogP contribution in [0.15, 0.2) is 4.99 Å². The summed E-state index contributed by atoms with van der Waals surface area (Å²) in [4.78, 5) is 18.6. The summed E-state index contributed by atoms with van der Waals surface area (Å²) in [5.74, 6) is 1.17. The zero-order chi connectivity index (χ0) is 18.9. The molecule has 1 heterocycles. The average Bonchev–Trinajstić information content (AvgIpc) is 2.85. The Morgan fingerprint density at radius 3 is 2.81 bits per heavy atom. The van der Waals surface area contributed by atoms with Crippen molar-refractivity contribution in [3.8, 4) is 0 Å². The van der Waals surface area contributed by atoms with Crippen molar-refractivity contribution in [3.63, 3.8) is 0 Å². The number of guanidine groups is 1. The van der Waals surface area contributed by atoms with Crippen LogP contribution in [0.3, 0.4) is 0 Å². The van der Waals surface area contributed by atoms with Crippen LogP contribution in [-0.2, 0) is 14.3 Å². The van der Waals surface area contributed by atoms with Crippen molar-refractivity contribution < 1.29 is 14.3 Å². The van der Waals surface area contributed by atoms with Crippen LogP contribution >= 0.6 is 0 Å². The molecule has 0 saturated carbocycles. The number of carbonyl (C=O) groups excluding carboxylic acids is 1. The third-order valence-electron chi connectivity index (χ3n) is 4.31. The lowest BCUT2D eigenvalue weighted by Gasteiger charge is -2.20. The fourth-order valence-electron chi connectivity index (χ4n) is 2.85. The van der Waals surface area contributed by atoms with Crippen molar-refractivity contribution in [2.75, 3.05) is 59.7 Å². The topological polar surface area (TPSA) is 75.2 Å². The van der Waals surface area contributed by atoms with Crippen LogP contribution in [0.25, 0.3) is 0 Å². The van der Waals surface area contributed by atoms with Gasteiger partial charge >= 0.3 is 0 Å². The summed E-state index contributed by atoms with van der Waals surface area (Å²) >= 11 is 0. The standard InChI is InChI=1S/C19H38N4O3/c1-3-20-19(21-11-6-8-15-26-17-16-25-2)22-12-9-14-23-13-7-4-5-10-18(23)24/h3-17H2,1-2H3,(H2,20,21,22). The maximum atomic E-state index is 12.0. The van der Waals surface area contributed by atoms with Crippen molar-refractivity contribution in [1.29, 1.82) is 0 Å². The van der Waals surface area contributed by atoms with Crippen LogP contribution in [0.4, 0.5) is 0 Å². The van der Waals surface area contributed by atoms with Gasteiger partial charge in [-0.3, -0.25) is 9.79 Å². The second-order valence-electron chi connectivity index (χ2n) is 6.54. The zero-order valence-electron chi connectivity index (χ0n) is 16.7. The number of nitrogens with one attached hydrogen (secondary N) is 2. The fourth-order valence-corrected chi connectivity index (χ4v) is 2.85. The summed E-state index contributed by atoms with van der Waals surface area (Å²) in [5.41, 5.74) is 0. The highest BCUT2D eigenvalue weighted by Crippen LogP contribution is 2.11. The molecule has 7 heteroatoms. The largest absolute Gasteiger partial charge is 0.382 e. The second-order valence-corrected chi connectivity index (χ2v) is 6.54. The SMILES string of the molecule is CCNC(=NCCCN1CCCCCC1=O)NCCCCOCCOC. The number of hydrogen-bond donors (Lipinski definition) is 2. The van der Waals surface area contributed by atoms with E-state index in [2.05, 4.69) is 22.5 Å². The van der Waals surface area contributed by atoms with E-state index in [4.69, 9.17) is 9.47 Å². The summed E-state index contributed by atoms with van der Waals surface area (Å²) in [6.45, 7) is 8.33. The van der Waals surface area contributed by atoms with Gasteiger partial charge in [-0.2, -0.15) is 0 Å². The highest BCUT2D eigenvalue weighted by molar-refractivity contribution is 5.79. The molecule has 1 saturated heterocycles. The van der Waals surface area contributed by atoms with E-state index in [1.807, 2.05) is 4.90 Å². The number of methoxy groups -OCH3 is 1. The molecule has 26 heavy (non-hydrogen) atoms. The monoisotopic (exact) mass is 370 g/mol. The second kappa shape index (κ2) is 15.9. The fraction of sp³-hybridized carbons (Fsp3) is 0.895. The third kappa shape index (κ3) is 11.3. The van der Waals surface area contributed by atoms with E-state index in [1.165, 1.54) is 6.42 Å². The molecule has 7 nitrogen and oxygen atoms in total. The molecule has 1 aliphatic rings. The minimum absolute atomic E-state index is 0.309. The van der Waals surface area contributed by atoms with Crippen molar-refractivity contribution in [2.45, 2.75) is 51.9 Å². The highest BCUT2D eigenvalue weighted by atomic mass is 16.5. The number of likely N-dealkylation sites (tertiary alicyclic amines) is 1. The van der Waals surface area contributed by atoms with Gasteiger partial charge in [0.25, 0.3) is 0 Å². The lowest BCUT2D eigenvalue weighted by atomic mass is 10.2. The molecule has 1 fully saturated rings. The van der Waals surface area contributed by atoms with Gasteiger partial charge in [-0.05, 0) is 39.0 Å². The van der Waals surface area contributed by atoms with E-state index in [0.29, 0.717) is 25.5 Å². The number of unbranched alkanes of at least 4 members (excludes halogenated alkanes) is 1. The molecule has 0 aliphatic carbocycles. The van der Waals surface area contributed by atoms with Gasteiger partial charge in [0.05, 0.1) is 13.2 Å². The Bertz CT molecular complexity index is 391. The zero-order valence-corrected chi connectivity index (χ0v) is 16.7. The number of ether oxygens (including phenoxy) is 2. The van der Waals surface area contributed by atoms with E-state index in [9.17, 15) is 4.79 Å². The van der Waals surface area contributed by atoms with E-state index >= 15 is 0 Å². The molecule has 0 unspecified atom stereocenters. The molecule has 0 radical (unpaired) electrons. The summed E-state index contributed by atoms with van der Waals surface area (Å²) < 4.78 is 10.4. The van der Waals surface area contributed by atoms with Crippen LogP contribution in [0, 0.1) is 0 Å². The Morgan fingerprint density at radius 1 is 1.12 bits per heavy atom. The first kappa shape index (κ1) is 22.7. The molecule has 152 valence electrons. The van der Waals surface area contributed by atoms with Crippen molar-refractivity contribution in [2.24, 2.45) is 4.99 Å². The smallest absolute Gasteiger partial charge is 0.222 e. The minimum atomic E-state index is 0.309. The molecule has 2 N–H and O–H groups in total. The number of carbonyl (C=O) groups is 1. The molecule has 0 atom stereocenters. The molecular formula is C19H38N4O3. The van der Waals surface area contributed by atoms with Gasteiger partial charge in [0.15, 0.2) is 5.96 Å². The first-order chi connectivity index (χ1) is 12.8. The quantitative estimate of drug-likeness (QED) is 0.294. The Balaban J connectivity index is 2.14. The van der Waals surface area contributed by atoms with E-state index in [0.717, 1.165) is 77.4 Å². The Hall–Kier alpha value is -1.34. The molecule has 0 aromatic carbocycles. The van der Waals surface area contributed by atoms with Crippen LogP contribution in [0.5, 0.6) is 0 Å². The number of aliphatic imine (C=N–C) groups is 1. The van der Waals surface area contributed by atoms with Gasteiger partial charge in [0, 0.05) is 52.9 Å². The van der Waals surface area contributed by atoms with E-state index in [1.54, 1.807) is 7.11 Å². The maximum absolute atomic E-state index is 12.0. The highest BCUT2D eigenvalue weighted by Gasteiger charge is 2.15. The van der Waals surface area contributed by atoms with Gasteiger partial charge in [-0.25, -0.2) is 0 Å².